The number of piperazine rings is 1. The van der Waals surface area contributed by atoms with Crippen molar-refractivity contribution < 1.29 is 14.3 Å². The molecule has 2 aliphatic heterocycles. The fourth-order valence-electron chi connectivity index (χ4n) is 4.09. The van der Waals surface area contributed by atoms with Gasteiger partial charge >= 0.3 is 6.09 Å². The number of ether oxygens (including phenoxy) is 1. The minimum atomic E-state index is -0.543. The molecule has 0 radical (unpaired) electrons. The van der Waals surface area contributed by atoms with Crippen LogP contribution in [0.4, 0.5) is 10.6 Å². The summed E-state index contributed by atoms with van der Waals surface area (Å²) in [6.45, 7) is 5.68. The Balaban J connectivity index is 1.62. The quantitative estimate of drug-likeness (QED) is 0.692. The Morgan fingerprint density at radius 2 is 1.81 bits per heavy atom. The molecule has 1 aromatic carbocycles. The molecular formula is C21H23Cl2N5O3. The molecule has 10 heteroatoms. The second-order valence-corrected chi connectivity index (χ2v) is 8.31. The van der Waals surface area contributed by atoms with E-state index in [0.717, 1.165) is 5.56 Å². The molecule has 0 N–H and O–H groups in total. The first-order valence-electron chi connectivity index (χ1n) is 10.1. The van der Waals surface area contributed by atoms with Gasteiger partial charge in [0.15, 0.2) is 5.82 Å². The van der Waals surface area contributed by atoms with Gasteiger partial charge in [0, 0.05) is 38.0 Å². The summed E-state index contributed by atoms with van der Waals surface area (Å²) < 4.78 is 6.82. The SMILES string of the molecule is CCOC(=O)N1CCN(C(=O)C2C(C)=Nc3ccnn3C2c2ccc(Cl)c(Cl)c2)CC1. The monoisotopic (exact) mass is 463 g/mol. The van der Waals surface area contributed by atoms with Crippen LogP contribution in [0, 0.1) is 5.92 Å². The number of carbonyl (C=O) groups is 2. The first-order chi connectivity index (χ1) is 14.9. The molecule has 8 nitrogen and oxygen atoms in total. The summed E-state index contributed by atoms with van der Waals surface area (Å²) in [4.78, 5) is 33.6. The average Bonchev–Trinajstić information content (AvgIpc) is 3.22. The number of benzene rings is 1. The molecule has 0 saturated carbocycles. The van der Waals surface area contributed by atoms with Gasteiger partial charge in [0.05, 0.1) is 28.9 Å². The highest BCUT2D eigenvalue weighted by Crippen LogP contribution is 2.38. The van der Waals surface area contributed by atoms with E-state index in [1.807, 2.05) is 19.1 Å². The van der Waals surface area contributed by atoms with Gasteiger partial charge in [-0.3, -0.25) is 4.79 Å². The maximum Gasteiger partial charge on any atom is 0.409 e. The molecule has 4 rings (SSSR count). The minimum Gasteiger partial charge on any atom is -0.450 e. The number of amides is 2. The van der Waals surface area contributed by atoms with Gasteiger partial charge < -0.3 is 14.5 Å². The minimum absolute atomic E-state index is 0.0537. The number of rotatable bonds is 3. The highest BCUT2D eigenvalue weighted by atomic mass is 35.5. The molecule has 2 amide bonds. The van der Waals surface area contributed by atoms with Gasteiger partial charge in [0.25, 0.3) is 0 Å². The highest BCUT2D eigenvalue weighted by Gasteiger charge is 2.41. The number of aliphatic imine (C=N–C) groups is 1. The summed E-state index contributed by atoms with van der Waals surface area (Å²) in [5.41, 5.74) is 1.54. The smallest absolute Gasteiger partial charge is 0.409 e. The molecule has 31 heavy (non-hydrogen) atoms. The standard InChI is InChI=1S/C21H23Cl2N5O3/c1-3-31-21(30)27-10-8-26(9-11-27)20(29)18-13(2)25-17-6-7-24-28(17)19(18)14-4-5-15(22)16(23)12-14/h4-7,12,18-19H,3,8-11H2,1-2H3. The molecule has 1 aromatic heterocycles. The Morgan fingerprint density at radius 3 is 2.48 bits per heavy atom. The maximum absolute atomic E-state index is 13.6. The van der Waals surface area contributed by atoms with Crippen molar-refractivity contribution in [3.05, 3.63) is 46.1 Å². The molecule has 3 heterocycles. The predicted molar refractivity (Wildman–Crippen MR) is 118 cm³/mol. The van der Waals surface area contributed by atoms with Gasteiger partial charge in [-0.1, -0.05) is 29.3 Å². The Kier molecular flexibility index (Phi) is 6.20. The first kappa shape index (κ1) is 21.6. The van der Waals surface area contributed by atoms with E-state index in [-0.39, 0.29) is 12.0 Å². The van der Waals surface area contributed by atoms with Crippen molar-refractivity contribution in [2.45, 2.75) is 19.9 Å². The lowest BCUT2D eigenvalue weighted by Gasteiger charge is -2.38. The number of carbonyl (C=O) groups excluding carboxylic acids is 2. The van der Waals surface area contributed by atoms with E-state index in [1.54, 1.807) is 39.7 Å². The summed E-state index contributed by atoms with van der Waals surface area (Å²) in [6.07, 6.45) is 1.32. The molecule has 0 spiro atoms. The lowest BCUT2D eigenvalue weighted by Crippen LogP contribution is -2.54. The number of nitrogens with zero attached hydrogens (tertiary/aromatic N) is 5. The Hall–Kier alpha value is -2.58. The number of aromatic nitrogens is 2. The van der Waals surface area contributed by atoms with Crippen LogP contribution in [0.5, 0.6) is 0 Å². The summed E-state index contributed by atoms with van der Waals surface area (Å²) in [7, 11) is 0. The fourth-order valence-corrected chi connectivity index (χ4v) is 4.40. The van der Waals surface area contributed by atoms with Crippen LogP contribution in [-0.2, 0) is 9.53 Å². The van der Waals surface area contributed by atoms with Gasteiger partial charge in [-0.05, 0) is 31.5 Å². The number of hydrogen-bond donors (Lipinski definition) is 0. The van der Waals surface area contributed by atoms with Gasteiger partial charge in [-0.2, -0.15) is 5.10 Å². The third-order valence-electron chi connectivity index (χ3n) is 5.64. The van der Waals surface area contributed by atoms with E-state index in [0.29, 0.717) is 54.4 Å². The van der Waals surface area contributed by atoms with Crippen molar-refractivity contribution >= 4 is 46.7 Å². The third-order valence-corrected chi connectivity index (χ3v) is 6.38. The molecule has 2 unspecified atom stereocenters. The summed E-state index contributed by atoms with van der Waals surface area (Å²) >= 11 is 12.4. The second-order valence-electron chi connectivity index (χ2n) is 7.49. The van der Waals surface area contributed by atoms with Crippen LogP contribution in [-0.4, -0.2) is 70.1 Å². The predicted octanol–water partition coefficient (Wildman–Crippen LogP) is 3.80. The van der Waals surface area contributed by atoms with Crippen molar-refractivity contribution in [2.75, 3.05) is 32.8 Å². The van der Waals surface area contributed by atoms with Crippen molar-refractivity contribution in [3.8, 4) is 0 Å². The number of halogens is 2. The molecule has 164 valence electrons. The summed E-state index contributed by atoms with van der Waals surface area (Å²) in [5, 5.41) is 5.30. The lowest BCUT2D eigenvalue weighted by molar-refractivity contribution is -0.136. The van der Waals surface area contributed by atoms with Crippen molar-refractivity contribution in [1.82, 2.24) is 19.6 Å². The van der Waals surface area contributed by atoms with Gasteiger partial charge in [0.1, 0.15) is 5.92 Å². The van der Waals surface area contributed by atoms with Crippen LogP contribution in [0.1, 0.15) is 25.5 Å². The molecule has 2 aromatic rings. The third kappa shape index (κ3) is 4.14. The van der Waals surface area contributed by atoms with Gasteiger partial charge in [0.2, 0.25) is 5.91 Å². The first-order valence-corrected chi connectivity index (χ1v) is 10.9. The molecular weight excluding hydrogens is 441 g/mol. The largest absolute Gasteiger partial charge is 0.450 e. The van der Waals surface area contributed by atoms with E-state index in [4.69, 9.17) is 27.9 Å². The van der Waals surface area contributed by atoms with Gasteiger partial charge in [-0.25, -0.2) is 14.5 Å². The lowest BCUT2D eigenvalue weighted by atomic mass is 9.87. The summed E-state index contributed by atoms with van der Waals surface area (Å²) in [5.74, 6) is 0.0884. The zero-order valence-electron chi connectivity index (χ0n) is 17.3. The van der Waals surface area contributed by atoms with E-state index >= 15 is 0 Å². The number of hydrogen-bond acceptors (Lipinski definition) is 5. The van der Waals surface area contributed by atoms with Crippen LogP contribution in [0.15, 0.2) is 35.5 Å². The van der Waals surface area contributed by atoms with E-state index in [2.05, 4.69) is 10.1 Å². The molecule has 0 bridgehead atoms. The zero-order valence-corrected chi connectivity index (χ0v) is 18.8. The highest BCUT2D eigenvalue weighted by molar-refractivity contribution is 6.42. The molecule has 1 saturated heterocycles. The average molecular weight is 464 g/mol. The summed E-state index contributed by atoms with van der Waals surface area (Å²) in [6, 6.07) is 6.78. The van der Waals surface area contributed by atoms with Crippen LogP contribution < -0.4 is 0 Å². The van der Waals surface area contributed by atoms with E-state index < -0.39 is 12.0 Å². The second kappa shape index (κ2) is 8.88. The van der Waals surface area contributed by atoms with Crippen LogP contribution in [0.25, 0.3) is 0 Å². The topological polar surface area (TPSA) is 80.0 Å². The van der Waals surface area contributed by atoms with E-state index in [1.165, 1.54) is 0 Å². The van der Waals surface area contributed by atoms with Crippen molar-refractivity contribution in [1.29, 1.82) is 0 Å². The van der Waals surface area contributed by atoms with E-state index in [9.17, 15) is 9.59 Å². The number of fused-ring (bicyclic) bond motifs is 1. The molecule has 2 atom stereocenters. The van der Waals surface area contributed by atoms with Gasteiger partial charge in [-0.15, -0.1) is 0 Å². The maximum atomic E-state index is 13.6. The Bertz CT molecular complexity index is 1030. The molecule has 1 fully saturated rings. The Labute approximate surface area is 190 Å². The normalized spacial score (nSPS) is 20.8. The van der Waals surface area contributed by atoms with Crippen molar-refractivity contribution in [3.63, 3.8) is 0 Å². The Morgan fingerprint density at radius 1 is 1.10 bits per heavy atom. The zero-order chi connectivity index (χ0) is 22.1. The molecule has 2 aliphatic rings. The fraction of sp³-hybridized carbons (Fsp3) is 0.429. The van der Waals surface area contributed by atoms with Crippen LogP contribution >= 0.6 is 23.2 Å². The van der Waals surface area contributed by atoms with Crippen LogP contribution in [0.3, 0.4) is 0 Å². The van der Waals surface area contributed by atoms with Crippen molar-refractivity contribution in [2.24, 2.45) is 10.9 Å². The molecule has 0 aliphatic carbocycles. The van der Waals surface area contributed by atoms with Crippen LogP contribution in [0.2, 0.25) is 10.0 Å².